The van der Waals surface area contributed by atoms with E-state index in [9.17, 15) is 4.79 Å². The van der Waals surface area contributed by atoms with Gasteiger partial charge in [-0.05, 0) is 37.5 Å². The fourth-order valence-electron chi connectivity index (χ4n) is 3.71. The summed E-state index contributed by atoms with van der Waals surface area (Å²) < 4.78 is 0. The zero-order chi connectivity index (χ0) is 13.0. The molecule has 0 saturated heterocycles. The second-order valence-corrected chi connectivity index (χ2v) is 6.19. The Bertz CT molecular complexity index is 280. The molecule has 0 spiro atoms. The summed E-state index contributed by atoms with van der Waals surface area (Å²) in [4.78, 5) is 12.1. The summed E-state index contributed by atoms with van der Waals surface area (Å²) in [5.41, 5.74) is 6.03. The summed E-state index contributed by atoms with van der Waals surface area (Å²) >= 11 is 0. The lowest BCUT2D eigenvalue weighted by molar-refractivity contribution is -0.123. The molecule has 0 aromatic carbocycles. The molecule has 2 aliphatic carbocycles. The number of nitrogens with two attached hydrogens (primary N) is 1. The number of amides is 1. The number of rotatable bonds is 4. The fraction of sp³-hybridized carbons (Fsp3) is 0.933. The molecule has 0 bridgehead atoms. The van der Waals surface area contributed by atoms with E-state index in [1.807, 2.05) is 0 Å². The first kappa shape index (κ1) is 13.9. The Morgan fingerprint density at radius 3 is 2.50 bits per heavy atom. The van der Waals surface area contributed by atoms with Crippen molar-refractivity contribution in [2.24, 2.45) is 17.6 Å². The molecule has 2 aliphatic rings. The van der Waals surface area contributed by atoms with Crippen LogP contribution in [0.1, 0.15) is 64.7 Å². The summed E-state index contributed by atoms with van der Waals surface area (Å²) in [5.74, 6) is 1.36. The highest BCUT2D eigenvalue weighted by Crippen LogP contribution is 2.29. The third kappa shape index (κ3) is 3.47. The van der Waals surface area contributed by atoms with Gasteiger partial charge in [0.25, 0.3) is 0 Å². The summed E-state index contributed by atoms with van der Waals surface area (Å²) in [6.07, 6.45) is 10.3. The average molecular weight is 252 g/mol. The molecule has 104 valence electrons. The summed E-state index contributed by atoms with van der Waals surface area (Å²) in [6.45, 7) is 2.24. The van der Waals surface area contributed by atoms with Gasteiger partial charge < -0.3 is 11.1 Å². The molecule has 3 heteroatoms. The molecule has 2 rings (SSSR count). The highest BCUT2D eigenvalue weighted by molar-refractivity contribution is 5.76. The Morgan fingerprint density at radius 1 is 1.11 bits per heavy atom. The predicted molar refractivity (Wildman–Crippen MR) is 74.1 cm³/mol. The summed E-state index contributed by atoms with van der Waals surface area (Å²) in [7, 11) is 0. The molecule has 0 heterocycles. The van der Waals surface area contributed by atoms with Crippen LogP contribution in [0.25, 0.3) is 0 Å². The van der Waals surface area contributed by atoms with Crippen LogP contribution in [0.3, 0.4) is 0 Å². The monoisotopic (exact) mass is 252 g/mol. The molecule has 1 amide bonds. The van der Waals surface area contributed by atoms with Crippen LogP contribution in [0.5, 0.6) is 0 Å². The number of hydrogen-bond acceptors (Lipinski definition) is 2. The zero-order valence-corrected chi connectivity index (χ0v) is 11.7. The van der Waals surface area contributed by atoms with E-state index >= 15 is 0 Å². The van der Waals surface area contributed by atoms with E-state index in [0.29, 0.717) is 24.3 Å². The number of carbonyl (C=O) groups excluding carboxylic acids is 1. The van der Waals surface area contributed by atoms with Crippen molar-refractivity contribution in [2.75, 3.05) is 0 Å². The molecule has 2 fully saturated rings. The van der Waals surface area contributed by atoms with Crippen LogP contribution in [-0.2, 0) is 4.79 Å². The van der Waals surface area contributed by atoms with Gasteiger partial charge >= 0.3 is 0 Å². The van der Waals surface area contributed by atoms with Gasteiger partial charge in [0.15, 0.2) is 0 Å². The van der Waals surface area contributed by atoms with E-state index in [-0.39, 0.29) is 11.9 Å². The van der Waals surface area contributed by atoms with Gasteiger partial charge in [0.1, 0.15) is 0 Å². The van der Waals surface area contributed by atoms with Gasteiger partial charge in [-0.15, -0.1) is 0 Å². The summed E-state index contributed by atoms with van der Waals surface area (Å²) in [5, 5.41) is 3.27. The molecule has 3 N–H and O–H groups in total. The second-order valence-electron chi connectivity index (χ2n) is 6.19. The minimum absolute atomic E-state index is 0.239. The van der Waals surface area contributed by atoms with Crippen LogP contribution in [0.4, 0.5) is 0 Å². The largest absolute Gasteiger partial charge is 0.353 e. The molecular formula is C15H28N2O. The molecule has 0 aromatic heterocycles. The molecule has 0 aliphatic heterocycles. The van der Waals surface area contributed by atoms with E-state index in [4.69, 9.17) is 5.73 Å². The molecule has 0 radical (unpaired) electrons. The lowest BCUT2D eigenvalue weighted by atomic mass is 9.82. The average Bonchev–Trinajstić information content (AvgIpc) is 2.75. The summed E-state index contributed by atoms with van der Waals surface area (Å²) in [6, 6.07) is 0.679. The topological polar surface area (TPSA) is 55.1 Å². The van der Waals surface area contributed by atoms with Crippen LogP contribution in [-0.4, -0.2) is 18.0 Å². The van der Waals surface area contributed by atoms with Crippen molar-refractivity contribution < 1.29 is 4.79 Å². The Labute approximate surface area is 111 Å². The minimum Gasteiger partial charge on any atom is -0.353 e. The normalized spacial score (nSPS) is 36.6. The van der Waals surface area contributed by atoms with Gasteiger partial charge in [0.05, 0.1) is 0 Å². The molecule has 0 aromatic rings. The van der Waals surface area contributed by atoms with E-state index in [0.717, 1.165) is 12.8 Å². The molecule has 2 saturated carbocycles. The van der Waals surface area contributed by atoms with E-state index in [2.05, 4.69) is 12.2 Å². The minimum atomic E-state index is 0.239. The molecule has 2 unspecified atom stereocenters. The van der Waals surface area contributed by atoms with Crippen molar-refractivity contribution in [2.45, 2.75) is 76.8 Å². The van der Waals surface area contributed by atoms with Gasteiger partial charge in [-0.3, -0.25) is 4.79 Å². The SMILES string of the molecule is CCC1CCCCC1NC(=O)C[C@@H]1CCC[C@H]1N. The van der Waals surface area contributed by atoms with Crippen molar-refractivity contribution in [1.29, 1.82) is 0 Å². The maximum atomic E-state index is 12.1. The maximum Gasteiger partial charge on any atom is 0.220 e. The fourth-order valence-corrected chi connectivity index (χ4v) is 3.71. The highest BCUT2D eigenvalue weighted by Gasteiger charge is 2.29. The Morgan fingerprint density at radius 2 is 1.83 bits per heavy atom. The predicted octanol–water partition coefficient (Wildman–Crippen LogP) is 2.59. The lowest BCUT2D eigenvalue weighted by Gasteiger charge is -2.32. The maximum absolute atomic E-state index is 12.1. The number of hydrogen-bond donors (Lipinski definition) is 2. The molecular weight excluding hydrogens is 224 g/mol. The molecule has 18 heavy (non-hydrogen) atoms. The zero-order valence-electron chi connectivity index (χ0n) is 11.7. The highest BCUT2D eigenvalue weighted by atomic mass is 16.1. The van der Waals surface area contributed by atoms with Crippen LogP contribution in [0.15, 0.2) is 0 Å². The van der Waals surface area contributed by atoms with Gasteiger partial charge in [-0.1, -0.05) is 32.6 Å². The van der Waals surface area contributed by atoms with Crippen LogP contribution < -0.4 is 11.1 Å². The van der Waals surface area contributed by atoms with Crippen molar-refractivity contribution in [1.82, 2.24) is 5.32 Å². The van der Waals surface area contributed by atoms with Crippen LogP contribution in [0.2, 0.25) is 0 Å². The Kier molecular flexibility index (Phi) is 5.04. The number of nitrogens with one attached hydrogen (secondary N) is 1. The first-order valence-electron chi connectivity index (χ1n) is 7.75. The van der Waals surface area contributed by atoms with Crippen molar-refractivity contribution in [3.05, 3.63) is 0 Å². The quantitative estimate of drug-likeness (QED) is 0.808. The number of carbonyl (C=O) groups is 1. The van der Waals surface area contributed by atoms with Gasteiger partial charge in [0.2, 0.25) is 5.91 Å². The van der Waals surface area contributed by atoms with Crippen molar-refractivity contribution >= 4 is 5.91 Å². The standard InChI is InChI=1S/C15H28N2O/c1-2-11-6-3-4-9-14(11)17-15(18)10-12-7-5-8-13(12)16/h11-14H,2-10,16H2,1H3,(H,17,18)/t11?,12-,13+,14?/m0/s1. The first-order chi connectivity index (χ1) is 8.70. The van der Waals surface area contributed by atoms with E-state index < -0.39 is 0 Å². The van der Waals surface area contributed by atoms with Gasteiger partial charge in [0, 0.05) is 18.5 Å². The van der Waals surface area contributed by atoms with Gasteiger partial charge in [-0.2, -0.15) is 0 Å². The lowest BCUT2D eigenvalue weighted by Crippen LogP contribution is -2.43. The van der Waals surface area contributed by atoms with Crippen molar-refractivity contribution in [3.63, 3.8) is 0 Å². The van der Waals surface area contributed by atoms with Crippen molar-refractivity contribution in [3.8, 4) is 0 Å². The second kappa shape index (κ2) is 6.55. The van der Waals surface area contributed by atoms with Crippen LogP contribution in [0, 0.1) is 11.8 Å². The van der Waals surface area contributed by atoms with Crippen LogP contribution >= 0.6 is 0 Å². The molecule has 4 atom stereocenters. The molecule has 3 nitrogen and oxygen atoms in total. The smallest absolute Gasteiger partial charge is 0.220 e. The Balaban J connectivity index is 1.78. The van der Waals surface area contributed by atoms with Gasteiger partial charge in [-0.25, -0.2) is 0 Å². The van der Waals surface area contributed by atoms with E-state index in [1.54, 1.807) is 0 Å². The van der Waals surface area contributed by atoms with E-state index in [1.165, 1.54) is 38.5 Å². The third-order valence-corrected chi connectivity index (χ3v) is 4.95. The third-order valence-electron chi connectivity index (χ3n) is 4.95. The Hall–Kier alpha value is -0.570. The first-order valence-corrected chi connectivity index (χ1v) is 7.75.